The molecule has 0 bridgehead atoms. The number of hydrogen-bond donors (Lipinski definition) is 2. The van der Waals surface area contributed by atoms with E-state index >= 15 is 0 Å². The third kappa shape index (κ3) is 7.71. The first-order valence-electron chi connectivity index (χ1n) is 7.56. The van der Waals surface area contributed by atoms with Gasteiger partial charge in [-0.3, -0.25) is 0 Å². The molecule has 1 atom stereocenters. The van der Waals surface area contributed by atoms with Crippen LogP contribution < -0.4 is 10.6 Å². The van der Waals surface area contributed by atoms with E-state index in [1.165, 1.54) is 11.1 Å². The number of rotatable bonds is 6. The van der Waals surface area contributed by atoms with Crippen LogP contribution in [0.4, 0.5) is 4.79 Å². The van der Waals surface area contributed by atoms with Gasteiger partial charge in [-0.15, -0.1) is 0 Å². The van der Waals surface area contributed by atoms with Gasteiger partial charge in [0, 0.05) is 19.1 Å². The fraction of sp³-hybridized carbons (Fsp3) is 0.588. The molecule has 0 aliphatic rings. The molecule has 4 nitrogen and oxygen atoms in total. The highest BCUT2D eigenvalue weighted by molar-refractivity contribution is 5.67. The zero-order valence-electron chi connectivity index (χ0n) is 13.8. The van der Waals surface area contributed by atoms with Crippen LogP contribution in [0.15, 0.2) is 24.3 Å². The van der Waals surface area contributed by atoms with Crippen LogP contribution in [0, 0.1) is 6.92 Å². The van der Waals surface area contributed by atoms with Crippen LogP contribution in [-0.4, -0.2) is 24.3 Å². The zero-order valence-corrected chi connectivity index (χ0v) is 13.8. The van der Waals surface area contributed by atoms with Crippen LogP contribution in [0.5, 0.6) is 0 Å². The van der Waals surface area contributed by atoms with Crippen molar-refractivity contribution in [2.45, 2.75) is 59.2 Å². The van der Waals surface area contributed by atoms with Gasteiger partial charge in [-0.2, -0.15) is 0 Å². The summed E-state index contributed by atoms with van der Waals surface area (Å²) < 4.78 is 5.23. The van der Waals surface area contributed by atoms with E-state index in [1.807, 2.05) is 20.8 Å². The summed E-state index contributed by atoms with van der Waals surface area (Å²) in [5, 5.41) is 6.27. The molecule has 0 saturated carbocycles. The molecule has 0 radical (unpaired) electrons. The number of aryl methyl sites for hydroxylation is 1. The Bertz CT molecular complexity index is 435. The molecule has 0 saturated heterocycles. The number of alkyl carbamates (subject to hydrolysis) is 1. The minimum Gasteiger partial charge on any atom is -0.444 e. The standard InChI is InChI=1S/C17H28N2O2/c1-6-15(12-19-16(20)21-17(3,4)5)18-11-14-9-7-13(2)8-10-14/h7-10,15,18H,6,11-12H2,1-5H3,(H,19,20). The molecule has 118 valence electrons. The van der Waals surface area contributed by atoms with E-state index in [2.05, 4.69) is 48.7 Å². The van der Waals surface area contributed by atoms with Crippen molar-refractivity contribution < 1.29 is 9.53 Å². The van der Waals surface area contributed by atoms with Gasteiger partial charge in [0.05, 0.1) is 0 Å². The molecule has 0 spiro atoms. The van der Waals surface area contributed by atoms with E-state index < -0.39 is 5.60 Å². The second-order valence-electron chi connectivity index (χ2n) is 6.35. The smallest absolute Gasteiger partial charge is 0.407 e. The lowest BCUT2D eigenvalue weighted by molar-refractivity contribution is 0.0522. The summed E-state index contributed by atoms with van der Waals surface area (Å²) in [7, 11) is 0. The maximum Gasteiger partial charge on any atom is 0.407 e. The lowest BCUT2D eigenvalue weighted by Gasteiger charge is -2.22. The Hall–Kier alpha value is -1.55. The van der Waals surface area contributed by atoms with Crippen molar-refractivity contribution in [3.63, 3.8) is 0 Å². The van der Waals surface area contributed by atoms with Crippen molar-refractivity contribution in [3.8, 4) is 0 Å². The van der Waals surface area contributed by atoms with Crippen LogP contribution in [-0.2, 0) is 11.3 Å². The van der Waals surface area contributed by atoms with Crippen LogP contribution in [0.25, 0.3) is 0 Å². The molecule has 21 heavy (non-hydrogen) atoms. The Morgan fingerprint density at radius 2 is 1.86 bits per heavy atom. The summed E-state index contributed by atoms with van der Waals surface area (Å²) in [4.78, 5) is 11.6. The van der Waals surface area contributed by atoms with Crippen LogP contribution >= 0.6 is 0 Å². The van der Waals surface area contributed by atoms with Crippen molar-refractivity contribution in [2.24, 2.45) is 0 Å². The largest absolute Gasteiger partial charge is 0.444 e. The maximum atomic E-state index is 11.6. The fourth-order valence-electron chi connectivity index (χ4n) is 1.85. The van der Waals surface area contributed by atoms with Gasteiger partial charge in [-0.05, 0) is 39.7 Å². The highest BCUT2D eigenvalue weighted by Crippen LogP contribution is 2.07. The van der Waals surface area contributed by atoms with E-state index in [9.17, 15) is 4.79 Å². The van der Waals surface area contributed by atoms with Crippen LogP contribution in [0.1, 0.15) is 45.2 Å². The van der Waals surface area contributed by atoms with E-state index in [0.29, 0.717) is 6.54 Å². The summed E-state index contributed by atoms with van der Waals surface area (Å²) in [5.74, 6) is 0. The second kappa shape index (κ2) is 8.03. The van der Waals surface area contributed by atoms with Gasteiger partial charge in [-0.25, -0.2) is 4.79 Å². The minimum absolute atomic E-state index is 0.235. The van der Waals surface area contributed by atoms with Crippen molar-refractivity contribution in [3.05, 3.63) is 35.4 Å². The van der Waals surface area contributed by atoms with Gasteiger partial charge < -0.3 is 15.4 Å². The van der Waals surface area contributed by atoms with Gasteiger partial charge >= 0.3 is 6.09 Å². The Morgan fingerprint density at radius 1 is 1.24 bits per heavy atom. The molecule has 1 amide bonds. The molecule has 2 N–H and O–H groups in total. The predicted octanol–water partition coefficient (Wildman–Crippen LogP) is 3.39. The van der Waals surface area contributed by atoms with Crippen molar-refractivity contribution in [1.82, 2.24) is 10.6 Å². The normalized spacial score (nSPS) is 12.8. The van der Waals surface area contributed by atoms with Gasteiger partial charge in [0.25, 0.3) is 0 Å². The number of carbonyl (C=O) groups is 1. The Labute approximate surface area is 128 Å². The fourth-order valence-corrected chi connectivity index (χ4v) is 1.85. The van der Waals surface area contributed by atoms with E-state index in [0.717, 1.165) is 13.0 Å². The third-order valence-electron chi connectivity index (χ3n) is 3.10. The lowest BCUT2D eigenvalue weighted by Crippen LogP contribution is -2.42. The average Bonchev–Trinajstić information content (AvgIpc) is 2.39. The molecule has 0 aliphatic carbocycles. The molecular weight excluding hydrogens is 264 g/mol. The molecule has 1 aromatic carbocycles. The Morgan fingerprint density at radius 3 is 2.38 bits per heavy atom. The van der Waals surface area contributed by atoms with Crippen molar-refractivity contribution >= 4 is 6.09 Å². The van der Waals surface area contributed by atoms with Gasteiger partial charge in [0.15, 0.2) is 0 Å². The van der Waals surface area contributed by atoms with Gasteiger partial charge in [0.1, 0.15) is 5.60 Å². The van der Waals surface area contributed by atoms with Crippen LogP contribution in [0.3, 0.4) is 0 Å². The predicted molar refractivity (Wildman–Crippen MR) is 86.3 cm³/mol. The van der Waals surface area contributed by atoms with Gasteiger partial charge in [-0.1, -0.05) is 36.8 Å². The highest BCUT2D eigenvalue weighted by Gasteiger charge is 2.16. The summed E-state index contributed by atoms with van der Waals surface area (Å²) in [6.45, 7) is 11.1. The topological polar surface area (TPSA) is 50.4 Å². The number of hydrogen-bond acceptors (Lipinski definition) is 3. The number of carbonyl (C=O) groups excluding carboxylic acids is 1. The molecular formula is C17H28N2O2. The molecule has 0 fully saturated rings. The van der Waals surface area contributed by atoms with E-state index in [4.69, 9.17) is 4.74 Å². The zero-order chi connectivity index (χ0) is 15.9. The Kier molecular flexibility index (Phi) is 6.69. The second-order valence-corrected chi connectivity index (χ2v) is 6.35. The van der Waals surface area contributed by atoms with E-state index in [-0.39, 0.29) is 12.1 Å². The molecule has 0 heterocycles. The minimum atomic E-state index is -0.457. The van der Waals surface area contributed by atoms with Crippen LogP contribution in [0.2, 0.25) is 0 Å². The number of ether oxygens (including phenoxy) is 1. The monoisotopic (exact) mass is 292 g/mol. The van der Waals surface area contributed by atoms with Crippen molar-refractivity contribution in [1.29, 1.82) is 0 Å². The first-order valence-corrected chi connectivity index (χ1v) is 7.56. The molecule has 4 heteroatoms. The highest BCUT2D eigenvalue weighted by atomic mass is 16.6. The maximum absolute atomic E-state index is 11.6. The first kappa shape index (κ1) is 17.5. The number of nitrogens with one attached hydrogen (secondary N) is 2. The Balaban J connectivity index is 2.34. The third-order valence-corrected chi connectivity index (χ3v) is 3.10. The average molecular weight is 292 g/mol. The summed E-state index contributed by atoms with van der Waals surface area (Å²) in [6, 6.07) is 8.69. The van der Waals surface area contributed by atoms with E-state index in [1.54, 1.807) is 0 Å². The molecule has 1 unspecified atom stereocenters. The van der Waals surface area contributed by atoms with Gasteiger partial charge in [0.2, 0.25) is 0 Å². The van der Waals surface area contributed by atoms with Crippen molar-refractivity contribution in [2.75, 3.05) is 6.54 Å². The molecule has 0 aromatic heterocycles. The molecule has 1 aromatic rings. The summed E-state index contributed by atoms with van der Waals surface area (Å²) in [6.07, 6.45) is 0.583. The quantitative estimate of drug-likeness (QED) is 0.845. The summed E-state index contributed by atoms with van der Waals surface area (Å²) in [5.41, 5.74) is 2.05. The summed E-state index contributed by atoms with van der Waals surface area (Å²) >= 11 is 0. The first-order chi connectivity index (χ1) is 9.80. The molecule has 1 rings (SSSR count). The number of benzene rings is 1. The lowest BCUT2D eigenvalue weighted by atomic mass is 10.1. The SMILES string of the molecule is CCC(CNC(=O)OC(C)(C)C)NCc1ccc(C)cc1. The number of amides is 1. The molecule has 0 aliphatic heterocycles.